The van der Waals surface area contributed by atoms with Crippen LogP contribution in [-0.4, -0.2) is 6.61 Å². The van der Waals surface area contributed by atoms with E-state index in [-0.39, 0.29) is 5.75 Å². The third-order valence-electron chi connectivity index (χ3n) is 4.41. The first-order chi connectivity index (χ1) is 11.0. The maximum Gasteiger partial charge on any atom is 0.387 e. The van der Waals surface area contributed by atoms with E-state index < -0.39 is 6.61 Å². The van der Waals surface area contributed by atoms with Crippen molar-refractivity contribution in [3.05, 3.63) is 64.2 Å². The first kappa shape index (κ1) is 15.9. The Morgan fingerprint density at radius 2 is 1.87 bits per heavy atom. The molecule has 122 valence electrons. The van der Waals surface area contributed by atoms with Gasteiger partial charge in [-0.25, -0.2) is 0 Å². The molecule has 23 heavy (non-hydrogen) atoms. The Morgan fingerprint density at radius 1 is 1.17 bits per heavy atom. The molecular formula is C19H21F2NO. The number of nitrogens with one attached hydrogen (secondary N) is 1. The van der Waals surface area contributed by atoms with Gasteiger partial charge in [-0.2, -0.15) is 8.78 Å². The molecule has 0 saturated heterocycles. The average Bonchev–Trinajstić information content (AvgIpc) is 2.92. The van der Waals surface area contributed by atoms with Crippen molar-refractivity contribution >= 4 is 0 Å². The molecule has 2 aromatic carbocycles. The van der Waals surface area contributed by atoms with Gasteiger partial charge in [0.2, 0.25) is 0 Å². The summed E-state index contributed by atoms with van der Waals surface area (Å²) in [5.41, 5.74) is 5.37. The first-order valence-corrected chi connectivity index (χ1v) is 7.90. The summed E-state index contributed by atoms with van der Waals surface area (Å²) >= 11 is 0. The molecule has 2 aromatic rings. The Balaban J connectivity index is 1.70. The van der Waals surface area contributed by atoms with Gasteiger partial charge in [0.15, 0.2) is 0 Å². The van der Waals surface area contributed by atoms with E-state index >= 15 is 0 Å². The number of halogens is 2. The van der Waals surface area contributed by atoms with Crippen molar-refractivity contribution in [3.8, 4) is 5.75 Å². The van der Waals surface area contributed by atoms with Gasteiger partial charge < -0.3 is 10.1 Å². The summed E-state index contributed by atoms with van der Waals surface area (Å²) in [6, 6.07) is 12.7. The number of ether oxygens (including phenoxy) is 1. The minimum Gasteiger partial charge on any atom is -0.434 e. The van der Waals surface area contributed by atoms with Crippen LogP contribution >= 0.6 is 0 Å². The minimum atomic E-state index is -2.79. The summed E-state index contributed by atoms with van der Waals surface area (Å²) in [7, 11) is 0. The number of fused-ring (bicyclic) bond motifs is 1. The molecule has 0 radical (unpaired) electrons. The molecule has 1 aliphatic carbocycles. The molecular weight excluding hydrogens is 296 g/mol. The van der Waals surface area contributed by atoms with Crippen molar-refractivity contribution in [2.24, 2.45) is 0 Å². The number of benzene rings is 2. The third kappa shape index (κ3) is 3.53. The Labute approximate surface area is 135 Å². The normalized spacial score (nSPS) is 16.7. The molecule has 0 aliphatic heterocycles. The molecule has 4 heteroatoms. The second-order valence-electron chi connectivity index (χ2n) is 6.11. The van der Waals surface area contributed by atoms with E-state index in [9.17, 15) is 8.78 Å². The average molecular weight is 317 g/mol. The standard InChI is InChI=1S/C19H21F2NO/c1-12-9-14(10-13(2)18(12)23-19(20)21)11-22-17-8-7-15-5-3-4-6-16(15)17/h3-6,9-10,17,19,22H,7-8,11H2,1-2H3. The van der Waals surface area contributed by atoms with Crippen LogP contribution in [0.5, 0.6) is 5.75 Å². The molecule has 0 fully saturated rings. The molecule has 1 atom stereocenters. The van der Waals surface area contributed by atoms with E-state index in [0.717, 1.165) is 36.1 Å². The predicted octanol–water partition coefficient (Wildman–Crippen LogP) is 4.68. The van der Waals surface area contributed by atoms with E-state index in [1.807, 2.05) is 12.1 Å². The van der Waals surface area contributed by atoms with Crippen molar-refractivity contribution in [2.45, 2.75) is 45.9 Å². The highest BCUT2D eigenvalue weighted by Crippen LogP contribution is 2.31. The molecule has 1 N–H and O–H groups in total. The lowest BCUT2D eigenvalue weighted by atomic mass is 10.0. The van der Waals surface area contributed by atoms with E-state index in [0.29, 0.717) is 6.04 Å². The number of alkyl halides is 2. The zero-order chi connectivity index (χ0) is 16.4. The van der Waals surface area contributed by atoms with Gasteiger partial charge >= 0.3 is 6.61 Å². The lowest BCUT2D eigenvalue weighted by molar-refractivity contribution is -0.0507. The maximum absolute atomic E-state index is 12.4. The lowest BCUT2D eigenvalue weighted by Crippen LogP contribution is -2.19. The van der Waals surface area contributed by atoms with Crippen LogP contribution in [-0.2, 0) is 13.0 Å². The van der Waals surface area contributed by atoms with Crippen LogP contribution in [0.2, 0.25) is 0 Å². The van der Waals surface area contributed by atoms with Gasteiger partial charge in [0, 0.05) is 12.6 Å². The molecule has 1 aliphatic rings. The van der Waals surface area contributed by atoms with Gasteiger partial charge in [-0.15, -0.1) is 0 Å². The second-order valence-corrected chi connectivity index (χ2v) is 6.11. The van der Waals surface area contributed by atoms with Crippen LogP contribution in [0.4, 0.5) is 8.78 Å². The van der Waals surface area contributed by atoms with E-state index in [1.165, 1.54) is 11.1 Å². The van der Waals surface area contributed by atoms with Crippen molar-refractivity contribution in [3.63, 3.8) is 0 Å². The molecule has 2 nitrogen and oxygen atoms in total. The summed E-state index contributed by atoms with van der Waals surface area (Å²) in [6.45, 7) is 1.54. The van der Waals surface area contributed by atoms with Crippen LogP contribution in [0.25, 0.3) is 0 Å². The zero-order valence-corrected chi connectivity index (χ0v) is 13.4. The van der Waals surface area contributed by atoms with Crippen molar-refractivity contribution in [1.82, 2.24) is 5.32 Å². The molecule has 0 heterocycles. The smallest absolute Gasteiger partial charge is 0.387 e. The highest BCUT2D eigenvalue weighted by atomic mass is 19.3. The van der Waals surface area contributed by atoms with Gasteiger partial charge in [-0.3, -0.25) is 0 Å². The quantitative estimate of drug-likeness (QED) is 0.864. The monoisotopic (exact) mass is 317 g/mol. The highest BCUT2D eigenvalue weighted by molar-refractivity contribution is 5.43. The van der Waals surface area contributed by atoms with Gasteiger partial charge in [0.05, 0.1) is 0 Å². The predicted molar refractivity (Wildman–Crippen MR) is 86.9 cm³/mol. The van der Waals surface area contributed by atoms with Gasteiger partial charge in [-0.05, 0) is 54.5 Å². The molecule has 0 bridgehead atoms. The van der Waals surface area contributed by atoms with Crippen molar-refractivity contribution in [2.75, 3.05) is 0 Å². The van der Waals surface area contributed by atoms with E-state index in [1.54, 1.807) is 13.8 Å². The second kappa shape index (κ2) is 6.67. The largest absolute Gasteiger partial charge is 0.434 e. The summed E-state index contributed by atoms with van der Waals surface area (Å²) in [5.74, 6) is 0.287. The van der Waals surface area contributed by atoms with Crippen LogP contribution in [0.15, 0.2) is 36.4 Å². The van der Waals surface area contributed by atoms with Gasteiger partial charge in [0.25, 0.3) is 0 Å². The Morgan fingerprint density at radius 3 is 2.57 bits per heavy atom. The summed E-state index contributed by atoms with van der Waals surface area (Å²) in [6.07, 6.45) is 2.21. The summed E-state index contributed by atoms with van der Waals surface area (Å²) in [4.78, 5) is 0. The fraction of sp³-hybridized carbons (Fsp3) is 0.368. The minimum absolute atomic E-state index is 0.287. The van der Waals surface area contributed by atoms with E-state index in [4.69, 9.17) is 0 Å². The number of rotatable bonds is 5. The van der Waals surface area contributed by atoms with Crippen LogP contribution < -0.4 is 10.1 Å². The molecule has 3 rings (SSSR count). The Bertz CT molecular complexity index is 677. The molecule has 1 unspecified atom stereocenters. The first-order valence-electron chi connectivity index (χ1n) is 7.90. The molecule has 0 aromatic heterocycles. The highest BCUT2D eigenvalue weighted by Gasteiger charge is 2.21. The topological polar surface area (TPSA) is 21.3 Å². The number of hydrogen-bond donors (Lipinski definition) is 1. The third-order valence-corrected chi connectivity index (χ3v) is 4.41. The molecule has 0 spiro atoms. The van der Waals surface area contributed by atoms with Crippen molar-refractivity contribution in [1.29, 1.82) is 0 Å². The molecule has 0 amide bonds. The van der Waals surface area contributed by atoms with Gasteiger partial charge in [0.1, 0.15) is 5.75 Å². The molecule has 0 saturated carbocycles. The van der Waals surface area contributed by atoms with Crippen LogP contribution in [0.1, 0.15) is 40.3 Å². The number of aryl methyl sites for hydroxylation is 3. The summed E-state index contributed by atoms with van der Waals surface area (Å²) in [5, 5.41) is 3.58. The van der Waals surface area contributed by atoms with Crippen LogP contribution in [0, 0.1) is 13.8 Å². The summed E-state index contributed by atoms with van der Waals surface area (Å²) < 4.78 is 29.5. The fourth-order valence-electron chi connectivity index (χ4n) is 3.43. The van der Waals surface area contributed by atoms with Gasteiger partial charge in [-0.1, -0.05) is 36.4 Å². The van der Waals surface area contributed by atoms with E-state index in [2.05, 4.69) is 34.3 Å². The zero-order valence-electron chi connectivity index (χ0n) is 13.4. The Kier molecular flexibility index (Phi) is 4.62. The van der Waals surface area contributed by atoms with Crippen molar-refractivity contribution < 1.29 is 13.5 Å². The lowest BCUT2D eigenvalue weighted by Gasteiger charge is -2.17. The SMILES string of the molecule is Cc1cc(CNC2CCc3ccccc32)cc(C)c1OC(F)F. The number of hydrogen-bond acceptors (Lipinski definition) is 2. The van der Waals surface area contributed by atoms with Crippen LogP contribution in [0.3, 0.4) is 0 Å². The Hall–Kier alpha value is -1.94. The fourth-order valence-corrected chi connectivity index (χ4v) is 3.43. The maximum atomic E-state index is 12.4.